The molecule has 0 bridgehead atoms. The van der Waals surface area contributed by atoms with Crippen LogP contribution < -0.4 is 0 Å². The third kappa shape index (κ3) is 5.16. The van der Waals surface area contributed by atoms with Gasteiger partial charge in [-0.2, -0.15) is 0 Å². The topological polar surface area (TPSA) is 103 Å². The van der Waals surface area contributed by atoms with Crippen molar-refractivity contribution in [1.29, 1.82) is 0 Å². The molecule has 0 radical (unpaired) electrons. The molecule has 3 aromatic rings. The number of aromatic nitrogens is 2. The molecule has 158 valence electrons. The van der Waals surface area contributed by atoms with Crippen LogP contribution in [0.15, 0.2) is 48.0 Å². The SMILES string of the molecule is CCC(C)C(c1ccc(C(=O)O)cc1)c1ncc(CC(Cc2cccs2)C(=O)O)[nH]1. The van der Waals surface area contributed by atoms with Gasteiger partial charge in [-0.1, -0.05) is 38.5 Å². The number of hydrogen-bond donors (Lipinski definition) is 3. The highest BCUT2D eigenvalue weighted by molar-refractivity contribution is 7.09. The maximum atomic E-state index is 11.8. The van der Waals surface area contributed by atoms with Crippen LogP contribution in [0.1, 0.15) is 58.5 Å². The van der Waals surface area contributed by atoms with Crippen LogP contribution in [0.2, 0.25) is 0 Å². The Hall–Kier alpha value is -2.93. The first-order chi connectivity index (χ1) is 14.4. The molecule has 0 saturated carbocycles. The highest BCUT2D eigenvalue weighted by Crippen LogP contribution is 2.32. The van der Waals surface area contributed by atoms with Gasteiger partial charge >= 0.3 is 11.9 Å². The summed E-state index contributed by atoms with van der Waals surface area (Å²) in [6.07, 6.45) is 3.52. The minimum atomic E-state index is -0.952. The standard InChI is InChI=1S/C23H26N2O4S/c1-3-14(2)20(15-6-8-16(9-7-15)22(26)27)21-24-13-18(25-21)11-17(23(28)29)12-19-5-4-10-30-19/h4-10,13-14,17,20H,3,11-12H2,1-2H3,(H,24,25)(H,26,27)(H,28,29). The molecule has 1 aromatic carbocycles. The van der Waals surface area contributed by atoms with Crippen LogP contribution in [0.25, 0.3) is 0 Å². The number of thiophene rings is 1. The molecule has 3 atom stereocenters. The lowest BCUT2D eigenvalue weighted by atomic mass is 9.84. The number of rotatable bonds is 10. The second-order valence-electron chi connectivity index (χ2n) is 7.61. The van der Waals surface area contributed by atoms with Crippen molar-refractivity contribution in [3.05, 3.63) is 75.5 Å². The van der Waals surface area contributed by atoms with Crippen molar-refractivity contribution in [2.45, 2.75) is 39.0 Å². The van der Waals surface area contributed by atoms with E-state index in [0.29, 0.717) is 12.8 Å². The lowest BCUT2D eigenvalue weighted by Gasteiger charge is -2.22. The van der Waals surface area contributed by atoms with Crippen LogP contribution in [0.3, 0.4) is 0 Å². The lowest BCUT2D eigenvalue weighted by Crippen LogP contribution is -2.19. The van der Waals surface area contributed by atoms with E-state index in [1.54, 1.807) is 29.7 Å². The van der Waals surface area contributed by atoms with Gasteiger partial charge in [0.25, 0.3) is 0 Å². The summed E-state index contributed by atoms with van der Waals surface area (Å²) < 4.78 is 0. The number of nitrogens with zero attached hydrogens (tertiary/aromatic N) is 1. The molecule has 0 aliphatic carbocycles. The van der Waals surface area contributed by atoms with Gasteiger partial charge < -0.3 is 15.2 Å². The molecule has 0 amide bonds. The largest absolute Gasteiger partial charge is 0.481 e. The Morgan fingerprint density at radius 1 is 1.13 bits per heavy atom. The predicted molar refractivity (Wildman–Crippen MR) is 116 cm³/mol. The van der Waals surface area contributed by atoms with Crippen molar-refractivity contribution < 1.29 is 19.8 Å². The van der Waals surface area contributed by atoms with E-state index in [1.807, 2.05) is 29.6 Å². The van der Waals surface area contributed by atoms with Gasteiger partial charge in [0.2, 0.25) is 0 Å². The number of aromatic amines is 1. The number of carboxylic acids is 2. The van der Waals surface area contributed by atoms with Crippen molar-refractivity contribution in [2.75, 3.05) is 0 Å². The van der Waals surface area contributed by atoms with Crippen molar-refractivity contribution in [3.8, 4) is 0 Å². The molecule has 7 heteroatoms. The second kappa shape index (κ2) is 9.71. The number of carbonyl (C=O) groups is 2. The lowest BCUT2D eigenvalue weighted by molar-refractivity contribution is -0.141. The number of H-pyrrole nitrogens is 1. The number of aliphatic carboxylic acids is 1. The van der Waals surface area contributed by atoms with E-state index >= 15 is 0 Å². The van der Waals surface area contributed by atoms with Crippen molar-refractivity contribution in [1.82, 2.24) is 9.97 Å². The monoisotopic (exact) mass is 426 g/mol. The molecule has 3 rings (SSSR count). The molecule has 0 saturated heterocycles. The molecule has 30 heavy (non-hydrogen) atoms. The van der Waals surface area contributed by atoms with Crippen LogP contribution in [0.4, 0.5) is 0 Å². The van der Waals surface area contributed by atoms with Gasteiger partial charge in [0.05, 0.1) is 11.5 Å². The first-order valence-electron chi connectivity index (χ1n) is 10.0. The zero-order chi connectivity index (χ0) is 21.7. The normalized spacial score (nSPS) is 14.2. The quantitative estimate of drug-likeness (QED) is 0.431. The molecular formula is C23H26N2O4S. The Morgan fingerprint density at radius 2 is 1.87 bits per heavy atom. The predicted octanol–water partition coefficient (Wildman–Crippen LogP) is 4.83. The average molecular weight is 427 g/mol. The Morgan fingerprint density at radius 3 is 2.43 bits per heavy atom. The van der Waals surface area contributed by atoms with Crippen molar-refractivity contribution >= 4 is 23.3 Å². The molecule has 0 spiro atoms. The van der Waals surface area contributed by atoms with Crippen LogP contribution in [-0.4, -0.2) is 32.1 Å². The third-order valence-corrected chi connectivity index (χ3v) is 6.41. The van der Waals surface area contributed by atoms with Crippen LogP contribution in [0, 0.1) is 11.8 Å². The molecule has 0 aliphatic rings. The molecule has 0 aliphatic heterocycles. The smallest absolute Gasteiger partial charge is 0.335 e. The number of imidazole rings is 1. The Labute approximate surface area is 179 Å². The van der Waals surface area contributed by atoms with E-state index in [2.05, 4.69) is 23.8 Å². The minimum absolute atomic E-state index is 0.0211. The first kappa shape index (κ1) is 21.8. The maximum Gasteiger partial charge on any atom is 0.335 e. The van der Waals surface area contributed by atoms with Crippen LogP contribution in [-0.2, 0) is 17.6 Å². The molecule has 2 aromatic heterocycles. The van der Waals surface area contributed by atoms with E-state index in [4.69, 9.17) is 5.11 Å². The summed E-state index contributed by atoms with van der Waals surface area (Å²) in [5.74, 6) is -1.25. The van der Waals surface area contributed by atoms with Crippen LogP contribution >= 0.6 is 11.3 Å². The second-order valence-corrected chi connectivity index (χ2v) is 8.64. The number of carboxylic acid groups (broad SMARTS) is 2. The fraction of sp³-hybridized carbons (Fsp3) is 0.348. The number of aromatic carboxylic acids is 1. The molecule has 0 fully saturated rings. The van der Waals surface area contributed by atoms with Gasteiger partial charge in [-0.15, -0.1) is 11.3 Å². The summed E-state index contributed by atoms with van der Waals surface area (Å²) in [5.41, 5.74) is 2.03. The van der Waals surface area contributed by atoms with Gasteiger partial charge in [0, 0.05) is 29.1 Å². The molecular weight excluding hydrogens is 400 g/mol. The van der Waals surface area contributed by atoms with Gasteiger partial charge in [-0.25, -0.2) is 9.78 Å². The summed E-state index contributed by atoms with van der Waals surface area (Å²) in [6.45, 7) is 4.24. The fourth-order valence-electron chi connectivity index (χ4n) is 3.65. The van der Waals surface area contributed by atoms with Crippen molar-refractivity contribution in [3.63, 3.8) is 0 Å². The van der Waals surface area contributed by atoms with E-state index in [0.717, 1.165) is 28.4 Å². The van der Waals surface area contributed by atoms with E-state index in [-0.39, 0.29) is 17.4 Å². The van der Waals surface area contributed by atoms with Gasteiger partial charge in [0.15, 0.2) is 0 Å². The summed E-state index contributed by atoms with van der Waals surface area (Å²) in [4.78, 5) is 31.9. The zero-order valence-electron chi connectivity index (χ0n) is 17.0. The first-order valence-corrected chi connectivity index (χ1v) is 10.9. The summed E-state index contributed by atoms with van der Waals surface area (Å²) in [5, 5.41) is 20.7. The average Bonchev–Trinajstić information content (AvgIpc) is 3.40. The van der Waals surface area contributed by atoms with Gasteiger partial charge in [-0.05, 0) is 41.5 Å². The van der Waals surface area contributed by atoms with Gasteiger partial charge in [-0.3, -0.25) is 4.79 Å². The summed E-state index contributed by atoms with van der Waals surface area (Å²) in [6, 6.07) is 10.8. The molecule has 3 unspecified atom stereocenters. The number of nitrogens with one attached hydrogen (secondary N) is 1. The molecule has 6 nitrogen and oxygen atoms in total. The number of hydrogen-bond acceptors (Lipinski definition) is 4. The highest BCUT2D eigenvalue weighted by Gasteiger charge is 2.25. The minimum Gasteiger partial charge on any atom is -0.481 e. The van der Waals surface area contributed by atoms with E-state index in [1.165, 1.54) is 0 Å². The van der Waals surface area contributed by atoms with E-state index in [9.17, 15) is 14.7 Å². The summed E-state index contributed by atoms with van der Waals surface area (Å²) in [7, 11) is 0. The molecule has 2 heterocycles. The summed E-state index contributed by atoms with van der Waals surface area (Å²) >= 11 is 1.57. The maximum absolute atomic E-state index is 11.8. The Balaban J connectivity index is 1.82. The Bertz CT molecular complexity index is 979. The van der Waals surface area contributed by atoms with Gasteiger partial charge in [0.1, 0.15) is 5.82 Å². The number of benzene rings is 1. The zero-order valence-corrected chi connectivity index (χ0v) is 17.9. The molecule has 3 N–H and O–H groups in total. The van der Waals surface area contributed by atoms with E-state index < -0.39 is 17.9 Å². The van der Waals surface area contributed by atoms with Crippen molar-refractivity contribution in [2.24, 2.45) is 11.8 Å². The fourth-order valence-corrected chi connectivity index (χ4v) is 4.43. The van der Waals surface area contributed by atoms with Crippen LogP contribution in [0.5, 0.6) is 0 Å². The Kier molecular flexibility index (Phi) is 7.05. The highest BCUT2D eigenvalue weighted by atomic mass is 32.1. The third-order valence-electron chi connectivity index (χ3n) is 5.52.